The van der Waals surface area contributed by atoms with Crippen LogP contribution in [0.25, 0.3) is 0 Å². The third-order valence-electron chi connectivity index (χ3n) is 6.48. The van der Waals surface area contributed by atoms with E-state index in [-0.39, 0.29) is 42.3 Å². The van der Waals surface area contributed by atoms with Crippen molar-refractivity contribution in [1.29, 1.82) is 0 Å². The number of ether oxygens (including phenoxy) is 2. The molecule has 0 aliphatic carbocycles. The second-order valence-electron chi connectivity index (χ2n) is 9.07. The molecule has 2 atom stereocenters. The van der Waals surface area contributed by atoms with Gasteiger partial charge in [0, 0.05) is 50.3 Å². The van der Waals surface area contributed by atoms with E-state index in [0.29, 0.717) is 68.2 Å². The summed E-state index contributed by atoms with van der Waals surface area (Å²) in [5.41, 5.74) is 1.10. The number of carbonyl (C=O) groups excluding carboxylic acids is 3. The number of hydrogen-bond acceptors (Lipinski definition) is 6. The zero-order valence-electron chi connectivity index (χ0n) is 21.0. The molecule has 37 heavy (non-hydrogen) atoms. The molecule has 0 radical (unpaired) electrons. The maximum atomic E-state index is 13.1. The Morgan fingerprint density at radius 3 is 2.54 bits per heavy atom. The number of carbonyl (C=O) groups is 3. The standard InChI is InChI=1S/C27H34N4O5.ClH/c1-35-23-11-10-20-16-24(23)36-21-17-22(30-18-21)26(33)29-12-5-6-14-31(15-7-13-28-25(20)32)27(34)19-8-3-2-4-9-19;/h2-4,8-11,16,21-22,30H,5-7,12-15,17-18H2,1H3,(H,28,32)(H,29,33);1H/t21-,22-;/m0./s1. The molecule has 1 saturated heterocycles. The average Bonchev–Trinajstić information content (AvgIpc) is 3.37. The van der Waals surface area contributed by atoms with Gasteiger partial charge in [0.05, 0.1) is 13.2 Å². The van der Waals surface area contributed by atoms with Crippen molar-refractivity contribution in [2.75, 3.05) is 39.8 Å². The van der Waals surface area contributed by atoms with E-state index >= 15 is 0 Å². The fourth-order valence-electron chi connectivity index (χ4n) is 4.50. The van der Waals surface area contributed by atoms with E-state index in [9.17, 15) is 14.4 Å². The highest BCUT2D eigenvalue weighted by atomic mass is 35.5. The molecule has 0 aromatic heterocycles. The van der Waals surface area contributed by atoms with Gasteiger partial charge in [-0.05, 0) is 49.6 Å². The smallest absolute Gasteiger partial charge is 0.253 e. The van der Waals surface area contributed by atoms with Crippen molar-refractivity contribution in [3.63, 3.8) is 0 Å². The van der Waals surface area contributed by atoms with Crippen LogP contribution in [0.4, 0.5) is 0 Å². The average molecular weight is 531 g/mol. The van der Waals surface area contributed by atoms with E-state index in [0.717, 1.165) is 12.8 Å². The Kier molecular flexibility index (Phi) is 10.6. The number of fused-ring (bicyclic) bond motifs is 4. The predicted molar refractivity (Wildman–Crippen MR) is 143 cm³/mol. The molecule has 2 aromatic rings. The summed E-state index contributed by atoms with van der Waals surface area (Å²) in [7, 11) is 1.55. The topological polar surface area (TPSA) is 109 Å². The molecule has 10 heteroatoms. The van der Waals surface area contributed by atoms with Gasteiger partial charge in [0.25, 0.3) is 11.8 Å². The molecule has 2 aliphatic heterocycles. The first-order chi connectivity index (χ1) is 17.5. The lowest BCUT2D eigenvalue weighted by Crippen LogP contribution is -2.41. The quantitative estimate of drug-likeness (QED) is 0.550. The molecule has 0 saturated carbocycles. The number of halogens is 1. The van der Waals surface area contributed by atoms with Crippen molar-refractivity contribution < 1.29 is 23.9 Å². The highest BCUT2D eigenvalue weighted by Crippen LogP contribution is 2.30. The van der Waals surface area contributed by atoms with E-state index < -0.39 is 0 Å². The molecule has 4 bridgehead atoms. The number of hydrogen-bond donors (Lipinski definition) is 3. The first-order valence-corrected chi connectivity index (χ1v) is 12.5. The molecular weight excluding hydrogens is 496 g/mol. The summed E-state index contributed by atoms with van der Waals surface area (Å²) in [6.45, 7) is 2.60. The molecule has 3 N–H and O–H groups in total. The van der Waals surface area contributed by atoms with Gasteiger partial charge in [-0.1, -0.05) is 18.2 Å². The second-order valence-corrected chi connectivity index (χ2v) is 9.07. The first kappa shape index (κ1) is 28.3. The number of rotatable bonds is 2. The summed E-state index contributed by atoms with van der Waals surface area (Å²) in [5, 5.41) is 9.15. The van der Waals surface area contributed by atoms with E-state index in [4.69, 9.17) is 9.47 Å². The predicted octanol–water partition coefficient (Wildman–Crippen LogP) is 2.40. The van der Waals surface area contributed by atoms with Gasteiger partial charge in [0.2, 0.25) is 5.91 Å². The zero-order chi connectivity index (χ0) is 25.3. The molecule has 3 amide bonds. The van der Waals surface area contributed by atoms with Gasteiger partial charge in [-0.25, -0.2) is 0 Å². The van der Waals surface area contributed by atoms with E-state index in [2.05, 4.69) is 16.0 Å². The molecule has 0 spiro atoms. The summed E-state index contributed by atoms with van der Waals surface area (Å²) in [4.78, 5) is 40.3. The number of nitrogens with one attached hydrogen (secondary N) is 3. The van der Waals surface area contributed by atoms with Crippen molar-refractivity contribution in [1.82, 2.24) is 20.9 Å². The highest BCUT2D eigenvalue weighted by molar-refractivity contribution is 5.95. The molecule has 9 nitrogen and oxygen atoms in total. The fraction of sp³-hybridized carbons (Fsp3) is 0.444. The van der Waals surface area contributed by atoms with Crippen molar-refractivity contribution in [2.45, 2.75) is 37.8 Å². The summed E-state index contributed by atoms with van der Waals surface area (Å²) < 4.78 is 11.5. The van der Waals surface area contributed by atoms with E-state index in [1.165, 1.54) is 0 Å². The van der Waals surface area contributed by atoms with Crippen LogP contribution in [0.1, 0.15) is 46.4 Å². The van der Waals surface area contributed by atoms with Gasteiger partial charge in [0.15, 0.2) is 11.5 Å². The van der Waals surface area contributed by atoms with Crippen molar-refractivity contribution in [2.24, 2.45) is 0 Å². The number of methoxy groups -OCH3 is 1. The van der Waals surface area contributed by atoms with Crippen LogP contribution in [-0.4, -0.2) is 74.6 Å². The Hall–Kier alpha value is -3.30. The van der Waals surface area contributed by atoms with E-state index in [1.807, 2.05) is 35.2 Å². The SMILES string of the molecule is COc1ccc2cc1O[C@@H]1CN[C@@H](C1)C(=O)NCCCCN(C(=O)c1ccccc1)CCCNC2=O.Cl. The summed E-state index contributed by atoms with van der Waals surface area (Å²) >= 11 is 0. The highest BCUT2D eigenvalue weighted by Gasteiger charge is 2.31. The largest absolute Gasteiger partial charge is 0.493 e. The number of amides is 3. The van der Waals surface area contributed by atoms with E-state index in [1.54, 1.807) is 25.3 Å². The minimum atomic E-state index is -0.342. The minimum Gasteiger partial charge on any atom is -0.493 e. The molecule has 2 aromatic carbocycles. The lowest BCUT2D eigenvalue weighted by atomic mass is 10.1. The summed E-state index contributed by atoms with van der Waals surface area (Å²) in [5.74, 6) is 0.686. The van der Waals surface area contributed by atoms with Crippen LogP contribution in [-0.2, 0) is 4.79 Å². The van der Waals surface area contributed by atoms with Crippen LogP contribution in [0.2, 0.25) is 0 Å². The van der Waals surface area contributed by atoms with Crippen LogP contribution in [0.5, 0.6) is 11.5 Å². The molecular formula is C27H35ClN4O5. The van der Waals surface area contributed by atoms with Crippen LogP contribution >= 0.6 is 12.4 Å². The van der Waals surface area contributed by atoms with Crippen molar-refractivity contribution >= 4 is 30.1 Å². The van der Waals surface area contributed by atoms with Gasteiger partial charge < -0.3 is 30.3 Å². The Labute approximate surface area is 223 Å². The van der Waals surface area contributed by atoms with Crippen LogP contribution in [0.15, 0.2) is 48.5 Å². The molecule has 0 unspecified atom stereocenters. The van der Waals surface area contributed by atoms with Gasteiger partial charge in [-0.15, -0.1) is 12.4 Å². The van der Waals surface area contributed by atoms with Crippen molar-refractivity contribution in [3.05, 3.63) is 59.7 Å². The zero-order valence-corrected chi connectivity index (χ0v) is 21.9. The van der Waals surface area contributed by atoms with Crippen molar-refractivity contribution in [3.8, 4) is 11.5 Å². The summed E-state index contributed by atoms with van der Waals surface area (Å²) in [6, 6.07) is 13.9. The van der Waals surface area contributed by atoms with Gasteiger partial charge in [-0.3, -0.25) is 14.4 Å². The van der Waals surface area contributed by atoms with Crippen LogP contribution in [0, 0.1) is 0 Å². The van der Waals surface area contributed by atoms with Gasteiger partial charge in [0.1, 0.15) is 6.10 Å². The van der Waals surface area contributed by atoms with Crippen LogP contribution < -0.4 is 25.4 Å². The lowest BCUT2D eigenvalue weighted by Gasteiger charge is -2.23. The normalized spacial score (nSPS) is 21.2. The van der Waals surface area contributed by atoms with Gasteiger partial charge in [-0.2, -0.15) is 0 Å². The summed E-state index contributed by atoms with van der Waals surface area (Å²) in [6.07, 6.45) is 2.45. The minimum absolute atomic E-state index is 0. The Balaban J connectivity index is 0.00000380. The van der Waals surface area contributed by atoms with Gasteiger partial charge >= 0.3 is 0 Å². The third kappa shape index (κ3) is 7.60. The molecule has 2 heterocycles. The Bertz CT molecular complexity index is 1070. The molecule has 2 aliphatic rings. The van der Waals surface area contributed by atoms with Crippen LogP contribution in [0.3, 0.4) is 0 Å². The second kappa shape index (κ2) is 13.9. The number of benzene rings is 2. The Morgan fingerprint density at radius 1 is 1.00 bits per heavy atom. The first-order valence-electron chi connectivity index (χ1n) is 12.5. The fourth-order valence-corrected chi connectivity index (χ4v) is 4.50. The molecule has 200 valence electrons. The maximum Gasteiger partial charge on any atom is 0.253 e. The molecule has 1 fully saturated rings. The monoisotopic (exact) mass is 530 g/mol. The maximum absolute atomic E-state index is 13.1. The lowest BCUT2D eigenvalue weighted by molar-refractivity contribution is -0.122. The molecule has 4 rings (SSSR count). The third-order valence-corrected chi connectivity index (χ3v) is 6.48. The Morgan fingerprint density at radius 2 is 1.76 bits per heavy atom. The number of nitrogens with zero attached hydrogens (tertiary/aromatic N) is 1.